The Kier molecular flexibility index (Phi) is 6.05. The van der Waals surface area contributed by atoms with E-state index in [2.05, 4.69) is 26.3 Å². The average molecular weight is 390 g/mol. The summed E-state index contributed by atoms with van der Waals surface area (Å²) in [7, 11) is -3.85. The molecule has 1 aliphatic rings. The Morgan fingerprint density at radius 2 is 1.89 bits per heavy atom. The molecule has 1 aromatic carbocycles. The van der Waals surface area contributed by atoms with E-state index < -0.39 is 15.8 Å². The highest BCUT2D eigenvalue weighted by Crippen LogP contribution is 2.21. The second kappa shape index (κ2) is 8.47. The van der Waals surface area contributed by atoms with Gasteiger partial charge in [0.1, 0.15) is 11.6 Å². The quantitative estimate of drug-likeness (QED) is 0.698. The van der Waals surface area contributed by atoms with Crippen LogP contribution in [0.2, 0.25) is 0 Å². The fourth-order valence-corrected chi connectivity index (χ4v) is 4.29. The fourth-order valence-electron chi connectivity index (χ4n) is 3.07. The third-order valence-electron chi connectivity index (χ3n) is 4.47. The van der Waals surface area contributed by atoms with E-state index in [1.165, 1.54) is 37.5 Å². The first-order valence-electron chi connectivity index (χ1n) is 8.98. The molecule has 8 heteroatoms. The first kappa shape index (κ1) is 19.3. The number of aromatic nitrogens is 2. The standard InChI is InChI=1S/C19H23FN4O2S/c1-14-13-16(20)7-8-17(14)27(25,26)24-19-10-9-18(22-23-19)21-12-11-15-5-3-2-4-6-15/h5,7-10,13H,2-4,6,11-12H2,1H3,(H,21,22)(H,23,24). The van der Waals surface area contributed by atoms with E-state index in [-0.39, 0.29) is 10.7 Å². The van der Waals surface area contributed by atoms with Crippen molar-refractivity contribution in [2.45, 2.75) is 43.9 Å². The van der Waals surface area contributed by atoms with Gasteiger partial charge in [-0.25, -0.2) is 12.8 Å². The monoisotopic (exact) mass is 390 g/mol. The average Bonchev–Trinajstić information content (AvgIpc) is 2.63. The molecule has 0 amide bonds. The van der Waals surface area contributed by atoms with E-state index in [4.69, 9.17) is 0 Å². The first-order valence-corrected chi connectivity index (χ1v) is 10.5. The summed E-state index contributed by atoms with van der Waals surface area (Å²) < 4.78 is 40.4. The highest BCUT2D eigenvalue weighted by atomic mass is 32.2. The molecule has 0 radical (unpaired) electrons. The van der Waals surface area contributed by atoms with Crippen LogP contribution in [-0.4, -0.2) is 25.2 Å². The molecule has 1 aromatic heterocycles. The lowest BCUT2D eigenvalue weighted by Gasteiger charge is -2.13. The van der Waals surface area contributed by atoms with Gasteiger partial charge < -0.3 is 5.32 Å². The Bertz CT molecular complexity index is 927. The lowest BCUT2D eigenvalue weighted by Crippen LogP contribution is -2.16. The number of halogens is 1. The largest absolute Gasteiger partial charge is 0.368 e. The molecule has 0 saturated carbocycles. The molecule has 27 heavy (non-hydrogen) atoms. The Morgan fingerprint density at radius 3 is 2.56 bits per heavy atom. The molecular formula is C19H23FN4O2S. The third-order valence-corrected chi connectivity index (χ3v) is 5.98. The molecule has 1 heterocycles. The fraction of sp³-hybridized carbons (Fsp3) is 0.368. The Balaban J connectivity index is 1.59. The van der Waals surface area contributed by atoms with Gasteiger partial charge in [0.2, 0.25) is 0 Å². The maximum Gasteiger partial charge on any atom is 0.263 e. The van der Waals surface area contributed by atoms with Crippen LogP contribution >= 0.6 is 0 Å². The third kappa shape index (κ3) is 5.26. The van der Waals surface area contributed by atoms with Gasteiger partial charge in [-0.05, 0) is 74.9 Å². The molecule has 6 nitrogen and oxygen atoms in total. The molecule has 2 N–H and O–H groups in total. The normalized spacial score (nSPS) is 14.5. The molecule has 2 aromatic rings. The van der Waals surface area contributed by atoms with Crippen molar-refractivity contribution >= 4 is 21.7 Å². The van der Waals surface area contributed by atoms with E-state index in [9.17, 15) is 12.8 Å². The summed E-state index contributed by atoms with van der Waals surface area (Å²) in [6.07, 6.45) is 8.14. The first-order chi connectivity index (χ1) is 12.9. The SMILES string of the molecule is Cc1cc(F)ccc1S(=O)(=O)Nc1ccc(NCCC2=CCCCC2)nn1. The number of allylic oxidation sites excluding steroid dienone is 1. The Labute approximate surface area is 159 Å². The van der Waals surface area contributed by atoms with E-state index in [1.807, 2.05) is 0 Å². The second-order valence-corrected chi connectivity index (χ2v) is 8.25. The van der Waals surface area contributed by atoms with Gasteiger partial charge in [0.15, 0.2) is 5.82 Å². The predicted octanol–water partition coefficient (Wildman–Crippen LogP) is 4.03. The number of aryl methyl sites for hydroxylation is 1. The van der Waals surface area contributed by atoms with Crippen molar-refractivity contribution in [1.29, 1.82) is 0 Å². The van der Waals surface area contributed by atoms with Crippen LogP contribution in [0.15, 0.2) is 46.9 Å². The van der Waals surface area contributed by atoms with E-state index in [0.717, 1.165) is 31.9 Å². The molecule has 0 aliphatic heterocycles. The summed E-state index contributed by atoms with van der Waals surface area (Å²) in [5.74, 6) is 0.220. The highest BCUT2D eigenvalue weighted by molar-refractivity contribution is 7.92. The smallest absolute Gasteiger partial charge is 0.263 e. The predicted molar refractivity (Wildman–Crippen MR) is 104 cm³/mol. The molecule has 3 rings (SSSR count). The van der Waals surface area contributed by atoms with E-state index in [0.29, 0.717) is 11.4 Å². The lowest BCUT2D eigenvalue weighted by molar-refractivity contribution is 0.598. The van der Waals surface area contributed by atoms with Gasteiger partial charge in [-0.15, -0.1) is 10.2 Å². The molecule has 0 unspecified atom stereocenters. The number of hydrogen-bond donors (Lipinski definition) is 2. The zero-order valence-electron chi connectivity index (χ0n) is 15.2. The molecule has 0 saturated heterocycles. The maximum absolute atomic E-state index is 13.2. The number of rotatable bonds is 7. The van der Waals surface area contributed by atoms with Crippen LogP contribution in [0.1, 0.15) is 37.7 Å². The van der Waals surface area contributed by atoms with Crippen molar-refractivity contribution in [2.24, 2.45) is 0 Å². The van der Waals surface area contributed by atoms with Gasteiger partial charge in [0.05, 0.1) is 4.90 Å². The van der Waals surface area contributed by atoms with Gasteiger partial charge in [0.25, 0.3) is 10.0 Å². The number of anilines is 2. The number of nitrogens with one attached hydrogen (secondary N) is 2. The van der Waals surface area contributed by atoms with Crippen molar-refractivity contribution in [3.8, 4) is 0 Å². The summed E-state index contributed by atoms with van der Waals surface area (Å²) in [6.45, 7) is 2.30. The summed E-state index contributed by atoms with van der Waals surface area (Å²) in [5.41, 5.74) is 1.80. The molecule has 144 valence electrons. The molecule has 0 spiro atoms. The van der Waals surface area contributed by atoms with Crippen molar-refractivity contribution in [3.63, 3.8) is 0 Å². The van der Waals surface area contributed by atoms with Crippen LogP contribution < -0.4 is 10.0 Å². The maximum atomic E-state index is 13.2. The van der Waals surface area contributed by atoms with Crippen LogP contribution in [0.5, 0.6) is 0 Å². The van der Waals surface area contributed by atoms with Crippen molar-refractivity contribution in [1.82, 2.24) is 10.2 Å². The second-order valence-electron chi connectivity index (χ2n) is 6.60. The number of hydrogen-bond acceptors (Lipinski definition) is 5. The summed E-state index contributed by atoms with van der Waals surface area (Å²) >= 11 is 0. The lowest BCUT2D eigenvalue weighted by atomic mass is 9.97. The summed E-state index contributed by atoms with van der Waals surface area (Å²) in [6, 6.07) is 6.75. The number of benzene rings is 1. The highest BCUT2D eigenvalue weighted by Gasteiger charge is 2.18. The molecule has 0 atom stereocenters. The zero-order chi connectivity index (χ0) is 19.3. The van der Waals surface area contributed by atoms with Crippen LogP contribution in [0.4, 0.5) is 16.0 Å². The Morgan fingerprint density at radius 1 is 1.11 bits per heavy atom. The van der Waals surface area contributed by atoms with Gasteiger partial charge in [-0.3, -0.25) is 4.72 Å². The van der Waals surface area contributed by atoms with Crippen LogP contribution in [0.25, 0.3) is 0 Å². The Hall–Kier alpha value is -2.48. The van der Waals surface area contributed by atoms with Crippen molar-refractivity contribution < 1.29 is 12.8 Å². The van der Waals surface area contributed by atoms with Crippen LogP contribution in [-0.2, 0) is 10.0 Å². The molecule has 0 bridgehead atoms. The van der Waals surface area contributed by atoms with Crippen molar-refractivity contribution in [3.05, 3.63) is 53.4 Å². The van der Waals surface area contributed by atoms with Crippen LogP contribution in [0, 0.1) is 12.7 Å². The molecule has 0 fully saturated rings. The van der Waals surface area contributed by atoms with Crippen molar-refractivity contribution in [2.75, 3.05) is 16.6 Å². The van der Waals surface area contributed by atoms with Gasteiger partial charge in [-0.1, -0.05) is 11.6 Å². The zero-order valence-corrected chi connectivity index (χ0v) is 16.0. The van der Waals surface area contributed by atoms with Gasteiger partial charge >= 0.3 is 0 Å². The topological polar surface area (TPSA) is 84.0 Å². The van der Waals surface area contributed by atoms with Crippen LogP contribution in [0.3, 0.4) is 0 Å². The number of nitrogens with zero attached hydrogens (tertiary/aromatic N) is 2. The van der Waals surface area contributed by atoms with Gasteiger partial charge in [0, 0.05) is 6.54 Å². The number of sulfonamides is 1. The molecular weight excluding hydrogens is 367 g/mol. The summed E-state index contributed by atoms with van der Waals surface area (Å²) in [4.78, 5) is 0.00802. The van der Waals surface area contributed by atoms with Gasteiger partial charge in [-0.2, -0.15) is 0 Å². The minimum Gasteiger partial charge on any atom is -0.368 e. The minimum absolute atomic E-state index is 0.00802. The summed E-state index contributed by atoms with van der Waals surface area (Å²) in [5, 5.41) is 11.1. The minimum atomic E-state index is -3.85. The molecule has 1 aliphatic carbocycles. The van der Waals surface area contributed by atoms with E-state index >= 15 is 0 Å². The van der Waals surface area contributed by atoms with E-state index in [1.54, 1.807) is 12.1 Å².